The van der Waals surface area contributed by atoms with Crippen LogP contribution in [0, 0.1) is 0 Å². The van der Waals surface area contributed by atoms with Gasteiger partial charge in [0.25, 0.3) is 0 Å². The van der Waals surface area contributed by atoms with Gasteiger partial charge in [-0.05, 0) is 18.4 Å². The first kappa shape index (κ1) is 15.0. The van der Waals surface area contributed by atoms with Crippen molar-refractivity contribution in [2.24, 2.45) is 0 Å². The number of ether oxygens (including phenoxy) is 1. The fraction of sp³-hybridized carbons (Fsp3) is 0.667. The highest BCUT2D eigenvalue weighted by Gasteiger charge is 2.43. The molecule has 116 valence electrons. The van der Waals surface area contributed by atoms with Crippen molar-refractivity contribution in [3.8, 4) is 0 Å². The number of nitrogens with one attached hydrogen (secondary N) is 1. The summed E-state index contributed by atoms with van der Waals surface area (Å²) in [5, 5.41) is 3.64. The molecular formula is C18H28N2O. The maximum Gasteiger partial charge on any atom is 0.0660 e. The van der Waals surface area contributed by atoms with Gasteiger partial charge in [-0.25, -0.2) is 0 Å². The van der Waals surface area contributed by atoms with Gasteiger partial charge in [-0.1, -0.05) is 49.6 Å². The number of piperazine rings is 1. The van der Waals surface area contributed by atoms with Crippen molar-refractivity contribution in [3.63, 3.8) is 0 Å². The molecule has 1 saturated heterocycles. The first-order valence-electron chi connectivity index (χ1n) is 8.37. The zero-order chi connectivity index (χ0) is 14.5. The Kier molecular flexibility index (Phi) is 4.94. The van der Waals surface area contributed by atoms with Gasteiger partial charge in [-0.2, -0.15) is 0 Å². The topological polar surface area (TPSA) is 24.5 Å². The zero-order valence-corrected chi connectivity index (χ0v) is 13.2. The monoisotopic (exact) mass is 288 g/mol. The van der Waals surface area contributed by atoms with Crippen LogP contribution in [0.3, 0.4) is 0 Å². The molecule has 1 N–H and O–H groups in total. The highest BCUT2D eigenvalue weighted by atomic mass is 16.5. The van der Waals surface area contributed by atoms with Crippen LogP contribution in [0.25, 0.3) is 0 Å². The number of benzene rings is 1. The van der Waals surface area contributed by atoms with Gasteiger partial charge in [0.05, 0.1) is 12.6 Å². The lowest BCUT2D eigenvalue weighted by Gasteiger charge is -2.53. The standard InChI is InChI=1S/C18H28N2O/c1-21-14-17(16-8-4-2-5-9-16)20-13-12-19-15-18(20)10-6-3-7-11-18/h2,4-5,8-9,17,19H,3,6-7,10-15H2,1H3. The molecule has 3 heteroatoms. The van der Waals surface area contributed by atoms with Crippen LogP contribution < -0.4 is 5.32 Å². The highest BCUT2D eigenvalue weighted by Crippen LogP contribution is 2.39. The molecule has 2 fully saturated rings. The Morgan fingerprint density at radius 2 is 1.95 bits per heavy atom. The SMILES string of the molecule is COCC(c1ccccc1)N1CCNCC12CCCCC2. The molecule has 1 atom stereocenters. The average molecular weight is 288 g/mol. The van der Waals surface area contributed by atoms with E-state index < -0.39 is 0 Å². The van der Waals surface area contributed by atoms with Gasteiger partial charge in [0.1, 0.15) is 0 Å². The molecule has 2 aliphatic rings. The fourth-order valence-electron chi connectivity index (χ4n) is 4.22. The summed E-state index contributed by atoms with van der Waals surface area (Å²) in [4.78, 5) is 2.75. The zero-order valence-electron chi connectivity index (χ0n) is 13.2. The number of hydrogen-bond donors (Lipinski definition) is 1. The lowest BCUT2D eigenvalue weighted by atomic mass is 9.77. The number of nitrogens with zero attached hydrogens (tertiary/aromatic N) is 1. The third-order valence-electron chi connectivity index (χ3n) is 5.26. The molecule has 1 spiro atoms. The van der Waals surface area contributed by atoms with Crippen LogP contribution in [0.1, 0.15) is 43.7 Å². The van der Waals surface area contributed by atoms with E-state index in [4.69, 9.17) is 4.74 Å². The van der Waals surface area contributed by atoms with E-state index in [1.165, 1.54) is 37.7 Å². The molecule has 3 rings (SSSR count). The second-order valence-electron chi connectivity index (χ2n) is 6.54. The predicted molar refractivity (Wildman–Crippen MR) is 86.5 cm³/mol. The van der Waals surface area contributed by atoms with Crippen LogP contribution in [0.15, 0.2) is 30.3 Å². The lowest BCUT2D eigenvalue weighted by molar-refractivity contribution is -0.0328. The van der Waals surface area contributed by atoms with Gasteiger partial charge in [0.2, 0.25) is 0 Å². The molecule has 1 saturated carbocycles. The number of rotatable bonds is 4. The van der Waals surface area contributed by atoms with Crippen molar-refractivity contribution in [1.82, 2.24) is 10.2 Å². The summed E-state index contributed by atoms with van der Waals surface area (Å²) in [5.74, 6) is 0. The third-order valence-corrected chi connectivity index (χ3v) is 5.26. The van der Waals surface area contributed by atoms with E-state index >= 15 is 0 Å². The maximum absolute atomic E-state index is 5.58. The summed E-state index contributed by atoms with van der Waals surface area (Å²) < 4.78 is 5.58. The minimum Gasteiger partial charge on any atom is -0.383 e. The summed E-state index contributed by atoms with van der Waals surface area (Å²) in [6.07, 6.45) is 6.79. The van der Waals surface area contributed by atoms with Gasteiger partial charge in [0, 0.05) is 32.3 Å². The van der Waals surface area contributed by atoms with Gasteiger partial charge >= 0.3 is 0 Å². The molecule has 21 heavy (non-hydrogen) atoms. The molecule has 1 aromatic rings. The van der Waals surface area contributed by atoms with Crippen LogP contribution in [0.5, 0.6) is 0 Å². The normalized spacial score (nSPS) is 24.0. The fourth-order valence-corrected chi connectivity index (χ4v) is 4.22. The van der Waals surface area contributed by atoms with E-state index in [2.05, 4.69) is 40.5 Å². The van der Waals surface area contributed by atoms with Crippen LogP contribution in [0.4, 0.5) is 0 Å². The minimum atomic E-state index is 0.343. The molecule has 1 aliphatic carbocycles. The largest absolute Gasteiger partial charge is 0.383 e. The minimum absolute atomic E-state index is 0.343. The van der Waals surface area contributed by atoms with Gasteiger partial charge < -0.3 is 10.1 Å². The average Bonchev–Trinajstić information content (AvgIpc) is 2.55. The summed E-state index contributed by atoms with van der Waals surface area (Å²) in [5.41, 5.74) is 1.74. The molecule has 3 nitrogen and oxygen atoms in total. The second kappa shape index (κ2) is 6.91. The summed E-state index contributed by atoms with van der Waals surface area (Å²) in [6, 6.07) is 11.3. The van der Waals surface area contributed by atoms with Crippen molar-refractivity contribution in [2.75, 3.05) is 33.4 Å². The summed E-state index contributed by atoms with van der Waals surface area (Å²) in [7, 11) is 1.83. The van der Waals surface area contributed by atoms with Crippen molar-refractivity contribution in [2.45, 2.75) is 43.7 Å². The van der Waals surface area contributed by atoms with Crippen molar-refractivity contribution >= 4 is 0 Å². The Hall–Kier alpha value is -0.900. The van der Waals surface area contributed by atoms with Crippen LogP contribution in [-0.4, -0.2) is 43.8 Å². The molecule has 0 radical (unpaired) electrons. The van der Waals surface area contributed by atoms with E-state index in [-0.39, 0.29) is 0 Å². The van der Waals surface area contributed by atoms with E-state index in [9.17, 15) is 0 Å². The Morgan fingerprint density at radius 1 is 1.19 bits per heavy atom. The Bertz CT molecular complexity index is 420. The molecule has 0 bridgehead atoms. The smallest absolute Gasteiger partial charge is 0.0660 e. The van der Waals surface area contributed by atoms with Crippen molar-refractivity contribution < 1.29 is 4.74 Å². The predicted octanol–water partition coefficient (Wildman–Crippen LogP) is 2.98. The maximum atomic E-state index is 5.58. The summed E-state index contributed by atoms with van der Waals surface area (Å²) >= 11 is 0. The van der Waals surface area contributed by atoms with Crippen molar-refractivity contribution in [3.05, 3.63) is 35.9 Å². The van der Waals surface area contributed by atoms with E-state index in [1.807, 2.05) is 7.11 Å². The molecule has 0 amide bonds. The molecule has 1 heterocycles. The first-order chi connectivity index (χ1) is 10.4. The van der Waals surface area contributed by atoms with Crippen LogP contribution in [0.2, 0.25) is 0 Å². The van der Waals surface area contributed by atoms with Gasteiger partial charge in [-0.15, -0.1) is 0 Å². The highest BCUT2D eigenvalue weighted by molar-refractivity contribution is 5.21. The molecule has 1 unspecified atom stereocenters. The molecule has 1 aromatic carbocycles. The molecule has 0 aromatic heterocycles. The first-order valence-corrected chi connectivity index (χ1v) is 8.37. The van der Waals surface area contributed by atoms with E-state index in [0.29, 0.717) is 11.6 Å². The quantitative estimate of drug-likeness (QED) is 0.922. The molecule has 1 aliphatic heterocycles. The van der Waals surface area contributed by atoms with E-state index in [1.54, 1.807) is 0 Å². The number of methoxy groups -OCH3 is 1. The lowest BCUT2D eigenvalue weighted by Crippen LogP contribution is -2.63. The third kappa shape index (κ3) is 3.15. The number of hydrogen-bond acceptors (Lipinski definition) is 3. The Labute approximate surface area is 128 Å². The molecular weight excluding hydrogens is 260 g/mol. The van der Waals surface area contributed by atoms with Gasteiger partial charge in [0.15, 0.2) is 0 Å². The van der Waals surface area contributed by atoms with Crippen LogP contribution in [-0.2, 0) is 4.74 Å². The van der Waals surface area contributed by atoms with Crippen LogP contribution >= 0.6 is 0 Å². The summed E-state index contributed by atoms with van der Waals surface area (Å²) in [6.45, 7) is 4.14. The van der Waals surface area contributed by atoms with Crippen molar-refractivity contribution in [1.29, 1.82) is 0 Å². The van der Waals surface area contributed by atoms with E-state index in [0.717, 1.165) is 26.2 Å². The second-order valence-corrected chi connectivity index (χ2v) is 6.54. The Morgan fingerprint density at radius 3 is 2.67 bits per heavy atom. The van der Waals surface area contributed by atoms with Gasteiger partial charge in [-0.3, -0.25) is 4.90 Å². The Balaban J connectivity index is 1.88.